The highest BCUT2D eigenvalue weighted by Crippen LogP contribution is 2.38. The summed E-state index contributed by atoms with van der Waals surface area (Å²) in [6.07, 6.45) is -3.84. The van der Waals surface area contributed by atoms with E-state index >= 15 is 0 Å². The van der Waals surface area contributed by atoms with Gasteiger partial charge in [-0.25, -0.2) is 4.98 Å². The van der Waals surface area contributed by atoms with Crippen LogP contribution in [-0.2, 0) is 6.18 Å². The maximum Gasteiger partial charge on any atom is 0.435 e. The van der Waals surface area contributed by atoms with Gasteiger partial charge in [0.15, 0.2) is 11.4 Å². The summed E-state index contributed by atoms with van der Waals surface area (Å²) in [5, 5.41) is 3.52. The van der Waals surface area contributed by atoms with Crippen LogP contribution >= 0.6 is 0 Å². The van der Waals surface area contributed by atoms with E-state index in [0.29, 0.717) is 4.52 Å². The van der Waals surface area contributed by atoms with Crippen LogP contribution in [-0.4, -0.2) is 25.5 Å². The number of aryl methyl sites for hydroxylation is 1. The molecule has 0 spiro atoms. The first-order chi connectivity index (χ1) is 13.7. The second-order valence-corrected chi connectivity index (χ2v) is 6.18. The number of amides is 1. The number of primary amides is 1. The van der Waals surface area contributed by atoms with Gasteiger partial charge in [-0.1, -0.05) is 30.3 Å². The number of aromatic nitrogens is 4. The highest BCUT2D eigenvalue weighted by atomic mass is 19.4. The monoisotopic (exact) mass is 403 g/mol. The van der Waals surface area contributed by atoms with Crippen molar-refractivity contribution < 1.29 is 22.4 Å². The van der Waals surface area contributed by atoms with E-state index in [1.165, 1.54) is 19.1 Å². The van der Waals surface area contributed by atoms with Gasteiger partial charge in [-0.3, -0.25) is 9.59 Å². The highest BCUT2D eigenvalue weighted by molar-refractivity contribution is 5.91. The molecule has 1 aromatic carbocycles. The van der Waals surface area contributed by atoms with E-state index in [9.17, 15) is 22.8 Å². The molecule has 0 bridgehead atoms. The Hall–Kier alpha value is -3.89. The molecular formula is C18H12F3N5O3. The van der Waals surface area contributed by atoms with Gasteiger partial charge in [0.1, 0.15) is 17.5 Å². The number of nitrogens with one attached hydrogen (secondary N) is 1. The van der Waals surface area contributed by atoms with Gasteiger partial charge in [0, 0.05) is 5.69 Å². The van der Waals surface area contributed by atoms with Crippen molar-refractivity contribution in [2.45, 2.75) is 13.1 Å². The molecule has 0 fully saturated rings. The van der Waals surface area contributed by atoms with Crippen molar-refractivity contribution in [1.29, 1.82) is 0 Å². The zero-order valence-corrected chi connectivity index (χ0v) is 14.7. The topological polar surface area (TPSA) is 119 Å². The number of carbonyl (C=O) groups is 1. The van der Waals surface area contributed by atoms with Crippen LogP contribution in [0, 0.1) is 6.92 Å². The van der Waals surface area contributed by atoms with Crippen molar-refractivity contribution in [3.05, 3.63) is 64.0 Å². The summed E-state index contributed by atoms with van der Waals surface area (Å²) in [4.78, 5) is 30.8. The number of oxazole rings is 1. The Kier molecular flexibility index (Phi) is 4.03. The molecule has 1 amide bonds. The van der Waals surface area contributed by atoms with Crippen molar-refractivity contribution in [2.75, 3.05) is 0 Å². The number of benzene rings is 1. The molecule has 0 saturated carbocycles. The summed E-state index contributed by atoms with van der Waals surface area (Å²) in [5.74, 6) is -1.13. The molecule has 3 heterocycles. The number of hydrogen-bond donors (Lipinski definition) is 2. The van der Waals surface area contributed by atoms with Gasteiger partial charge in [-0.15, -0.1) is 0 Å². The molecule has 3 aromatic heterocycles. The van der Waals surface area contributed by atoms with Gasteiger partial charge in [0.2, 0.25) is 5.89 Å². The summed E-state index contributed by atoms with van der Waals surface area (Å²) in [7, 11) is 0. The number of alkyl halides is 3. The van der Waals surface area contributed by atoms with E-state index in [1.54, 1.807) is 18.2 Å². The first-order valence-electron chi connectivity index (χ1n) is 8.22. The van der Waals surface area contributed by atoms with E-state index in [4.69, 9.17) is 10.2 Å². The van der Waals surface area contributed by atoms with Gasteiger partial charge in [-0.2, -0.15) is 22.8 Å². The summed E-state index contributed by atoms with van der Waals surface area (Å²) in [6.45, 7) is 1.47. The first kappa shape index (κ1) is 18.5. The molecule has 0 unspecified atom stereocenters. The predicted molar refractivity (Wildman–Crippen MR) is 95.0 cm³/mol. The van der Waals surface area contributed by atoms with E-state index in [-0.39, 0.29) is 39.6 Å². The fourth-order valence-corrected chi connectivity index (χ4v) is 3.02. The van der Waals surface area contributed by atoms with Gasteiger partial charge >= 0.3 is 6.18 Å². The Morgan fingerprint density at radius 1 is 1.21 bits per heavy atom. The SMILES string of the molecule is Cc1[nH]c2c(-c3ccccc3)c(C(F)(F)F)nn2c(=O)c1-c1nc(C(N)=O)co1. The lowest BCUT2D eigenvalue weighted by Gasteiger charge is -2.07. The molecule has 0 saturated heterocycles. The first-order valence-corrected chi connectivity index (χ1v) is 8.22. The Balaban J connectivity index is 2.05. The maximum atomic E-state index is 13.6. The minimum atomic E-state index is -4.80. The normalized spacial score (nSPS) is 11.9. The van der Waals surface area contributed by atoms with E-state index in [1.807, 2.05) is 0 Å². The van der Waals surface area contributed by atoms with E-state index < -0.39 is 23.3 Å². The fraction of sp³-hybridized carbons (Fsp3) is 0.111. The van der Waals surface area contributed by atoms with Crippen molar-refractivity contribution in [3.8, 4) is 22.6 Å². The molecule has 4 rings (SSSR count). The number of halogens is 3. The number of fused-ring (bicyclic) bond motifs is 1. The van der Waals surface area contributed by atoms with Crippen molar-refractivity contribution >= 4 is 11.6 Å². The third kappa shape index (κ3) is 2.96. The number of hydrogen-bond acceptors (Lipinski definition) is 5. The Bertz CT molecular complexity index is 1300. The van der Waals surface area contributed by atoms with Crippen LogP contribution in [0.2, 0.25) is 0 Å². The summed E-state index contributed by atoms with van der Waals surface area (Å²) in [5.41, 5.74) is 2.68. The minimum Gasteiger partial charge on any atom is -0.443 e. The third-order valence-electron chi connectivity index (χ3n) is 4.27. The lowest BCUT2D eigenvalue weighted by Crippen LogP contribution is -2.20. The van der Waals surface area contributed by atoms with Crippen molar-refractivity contribution in [3.63, 3.8) is 0 Å². The molecule has 11 heteroatoms. The molecule has 0 atom stereocenters. The zero-order valence-electron chi connectivity index (χ0n) is 14.7. The van der Waals surface area contributed by atoms with Crippen LogP contribution < -0.4 is 11.3 Å². The standard InChI is InChI=1S/C18H12F3N5O3/c1-8-11(16-24-10(7-29-16)14(22)27)17(28)26-15(23-8)12(9-5-3-2-4-6-9)13(25-26)18(19,20)21/h2-7,23H,1H3,(H2,22,27). The average molecular weight is 403 g/mol. The second-order valence-electron chi connectivity index (χ2n) is 6.18. The zero-order chi connectivity index (χ0) is 20.9. The van der Waals surface area contributed by atoms with Gasteiger partial charge in [-0.05, 0) is 12.5 Å². The largest absolute Gasteiger partial charge is 0.443 e. The van der Waals surface area contributed by atoms with Crippen LogP contribution in [0.3, 0.4) is 0 Å². The Morgan fingerprint density at radius 3 is 2.48 bits per heavy atom. The molecule has 0 radical (unpaired) electrons. The van der Waals surface area contributed by atoms with Crippen molar-refractivity contribution in [2.24, 2.45) is 5.73 Å². The molecule has 0 aliphatic heterocycles. The molecule has 4 aromatic rings. The lowest BCUT2D eigenvalue weighted by molar-refractivity contribution is -0.140. The molecule has 3 N–H and O–H groups in total. The van der Waals surface area contributed by atoms with Crippen LogP contribution in [0.15, 0.2) is 45.8 Å². The molecular weight excluding hydrogens is 391 g/mol. The van der Waals surface area contributed by atoms with Crippen molar-refractivity contribution in [1.82, 2.24) is 19.6 Å². The number of H-pyrrole nitrogens is 1. The molecule has 29 heavy (non-hydrogen) atoms. The molecule has 148 valence electrons. The number of carbonyl (C=O) groups excluding carboxylic acids is 1. The number of rotatable bonds is 3. The fourth-order valence-electron chi connectivity index (χ4n) is 3.02. The number of nitrogens with two attached hydrogens (primary N) is 1. The van der Waals surface area contributed by atoms with Gasteiger partial charge in [0.05, 0.1) is 5.56 Å². The summed E-state index contributed by atoms with van der Waals surface area (Å²) < 4.78 is 46.7. The lowest BCUT2D eigenvalue weighted by atomic mass is 10.1. The van der Waals surface area contributed by atoms with Crippen LogP contribution in [0.5, 0.6) is 0 Å². The van der Waals surface area contributed by atoms with E-state index in [0.717, 1.165) is 6.26 Å². The smallest absolute Gasteiger partial charge is 0.435 e. The van der Waals surface area contributed by atoms with Gasteiger partial charge < -0.3 is 15.1 Å². The maximum absolute atomic E-state index is 13.6. The second kappa shape index (κ2) is 6.33. The Labute approximate surface area is 159 Å². The minimum absolute atomic E-state index is 0.128. The Morgan fingerprint density at radius 2 is 1.90 bits per heavy atom. The molecule has 0 aliphatic rings. The highest BCUT2D eigenvalue weighted by Gasteiger charge is 2.39. The summed E-state index contributed by atoms with van der Waals surface area (Å²) in [6, 6.07) is 7.79. The predicted octanol–water partition coefficient (Wildman–Crippen LogP) is 2.77. The average Bonchev–Trinajstić information content (AvgIpc) is 3.27. The molecule has 8 nitrogen and oxygen atoms in total. The quantitative estimate of drug-likeness (QED) is 0.545. The number of nitrogens with zero attached hydrogens (tertiary/aromatic N) is 3. The van der Waals surface area contributed by atoms with Crippen LogP contribution in [0.25, 0.3) is 28.2 Å². The van der Waals surface area contributed by atoms with Crippen LogP contribution in [0.4, 0.5) is 13.2 Å². The van der Waals surface area contributed by atoms with Gasteiger partial charge in [0.25, 0.3) is 11.5 Å². The van der Waals surface area contributed by atoms with Crippen LogP contribution in [0.1, 0.15) is 21.9 Å². The third-order valence-corrected chi connectivity index (χ3v) is 4.27. The van der Waals surface area contributed by atoms with E-state index in [2.05, 4.69) is 15.1 Å². The summed E-state index contributed by atoms with van der Waals surface area (Å²) >= 11 is 0. The number of aromatic amines is 1. The molecule has 0 aliphatic carbocycles.